The topological polar surface area (TPSA) is 66.6 Å². The monoisotopic (exact) mass is 483 g/mol. The number of fused-ring (bicyclic) bond motifs is 2. The van der Waals surface area contributed by atoms with Gasteiger partial charge in [-0.05, 0) is 40.6 Å². The Labute approximate surface area is 206 Å². The van der Waals surface area contributed by atoms with Crippen molar-refractivity contribution in [2.45, 2.75) is 40.3 Å². The molecule has 0 saturated heterocycles. The highest BCUT2D eigenvalue weighted by Gasteiger charge is 2.23. The number of aromatic nitrogens is 1. The molecule has 0 radical (unpaired) electrons. The summed E-state index contributed by atoms with van der Waals surface area (Å²) < 4.78 is 11.6. The molecule has 0 saturated carbocycles. The summed E-state index contributed by atoms with van der Waals surface area (Å²) in [5, 5.41) is 5.19. The summed E-state index contributed by atoms with van der Waals surface area (Å²) in [7, 11) is 0. The summed E-state index contributed by atoms with van der Waals surface area (Å²) in [6.45, 7) is 9.90. The van der Waals surface area contributed by atoms with Crippen LogP contribution < -0.4 is 14.8 Å². The van der Waals surface area contributed by atoms with Gasteiger partial charge in [0.15, 0.2) is 11.5 Å². The van der Waals surface area contributed by atoms with E-state index < -0.39 is 0 Å². The van der Waals surface area contributed by atoms with E-state index in [1.807, 2.05) is 30.2 Å². The normalized spacial score (nSPS) is 14.3. The summed E-state index contributed by atoms with van der Waals surface area (Å²) in [4.78, 5) is 18.6. The predicted octanol–water partition coefficient (Wildman–Crippen LogP) is 5.39. The van der Waals surface area contributed by atoms with Crippen LogP contribution in [0.1, 0.15) is 38.3 Å². The van der Waals surface area contributed by atoms with Crippen LogP contribution in [-0.2, 0) is 17.9 Å². The number of carbonyl (C=O) groups excluding carboxylic acids is 1. The molecule has 34 heavy (non-hydrogen) atoms. The Kier molecular flexibility index (Phi) is 8.01. The number of hydrogen-bond acceptors (Lipinski definition) is 4. The van der Waals surface area contributed by atoms with Gasteiger partial charge in [0, 0.05) is 50.2 Å². The van der Waals surface area contributed by atoms with E-state index in [1.54, 1.807) is 0 Å². The van der Waals surface area contributed by atoms with E-state index in [1.165, 1.54) is 10.9 Å². The van der Waals surface area contributed by atoms with Gasteiger partial charge in [0.2, 0.25) is 5.91 Å². The second kappa shape index (κ2) is 11.2. The van der Waals surface area contributed by atoms with Crippen molar-refractivity contribution < 1.29 is 14.3 Å². The van der Waals surface area contributed by atoms with Crippen LogP contribution >= 0.6 is 11.6 Å². The van der Waals surface area contributed by atoms with Gasteiger partial charge in [0.25, 0.3) is 0 Å². The minimum absolute atomic E-state index is 0.127. The van der Waals surface area contributed by atoms with Gasteiger partial charge in [0.1, 0.15) is 0 Å². The van der Waals surface area contributed by atoms with Crippen LogP contribution in [-0.4, -0.2) is 42.1 Å². The maximum Gasteiger partial charge on any atom is 0.226 e. The number of carbonyl (C=O) groups is 1. The van der Waals surface area contributed by atoms with Gasteiger partial charge in [-0.1, -0.05) is 50.6 Å². The molecule has 2 N–H and O–H groups in total. The molecule has 3 aromatic rings. The number of hydrogen-bond donors (Lipinski definition) is 2. The molecule has 7 heteroatoms. The van der Waals surface area contributed by atoms with Gasteiger partial charge in [-0.15, -0.1) is 0 Å². The van der Waals surface area contributed by atoms with Gasteiger partial charge >= 0.3 is 0 Å². The minimum Gasteiger partial charge on any atom is -0.489 e. The number of benzene rings is 2. The third-order valence-electron chi connectivity index (χ3n) is 5.99. The van der Waals surface area contributed by atoms with Gasteiger partial charge in [-0.25, -0.2) is 0 Å². The van der Waals surface area contributed by atoms with Crippen molar-refractivity contribution in [3.63, 3.8) is 0 Å². The van der Waals surface area contributed by atoms with E-state index in [-0.39, 0.29) is 11.8 Å². The lowest BCUT2D eigenvalue weighted by Crippen LogP contribution is -2.40. The average Bonchev–Trinajstić information content (AvgIpc) is 3.16. The third-order valence-corrected chi connectivity index (χ3v) is 6.27. The number of nitrogens with zero attached hydrogens (tertiary/aromatic N) is 1. The summed E-state index contributed by atoms with van der Waals surface area (Å²) >= 11 is 6.49. The molecule has 1 aliphatic heterocycles. The zero-order valence-electron chi connectivity index (χ0n) is 20.2. The quantitative estimate of drug-likeness (QED) is 0.428. The number of aromatic amines is 1. The zero-order chi connectivity index (χ0) is 24.1. The van der Waals surface area contributed by atoms with E-state index in [2.05, 4.69) is 48.4 Å². The fourth-order valence-corrected chi connectivity index (χ4v) is 4.68. The molecule has 4 rings (SSSR count). The molecule has 2 aromatic carbocycles. The van der Waals surface area contributed by atoms with E-state index >= 15 is 0 Å². The van der Waals surface area contributed by atoms with E-state index in [0.717, 1.165) is 17.5 Å². The van der Waals surface area contributed by atoms with Crippen LogP contribution in [0.4, 0.5) is 0 Å². The molecule has 0 unspecified atom stereocenters. The molecule has 0 fully saturated rings. The molecule has 2 heterocycles. The summed E-state index contributed by atoms with van der Waals surface area (Å²) in [6, 6.07) is 12.2. The summed E-state index contributed by atoms with van der Waals surface area (Å²) in [6.07, 6.45) is 2.77. The largest absolute Gasteiger partial charge is 0.489 e. The summed E-state index contributed by atoms with van der Waals surface area (Å²) in [5.41, 5.74) is 3.28. The van der Waals surface area contributed by atoms with E-state index in [4.69, 9.17) is 21.1 Å². The highest BCUT2D eigenvalue weighted by molar-refractivity contribution is 6.32. The van der Waals surface area contributed by atoms with E-state index in [0.29, 0.717) is 61.8 Å². The molecule has 6 nitrogen and oxygen atoms in total. The second-order valence-corrected chi connectivity index (χ2v) is 9.87. The molecule has 1 aliphatic rings. The van der Waals surface area contributed by atoms with Crippen LogP contribution in [0.5, 0.6) is 11.5 Å². The zero-order valence-corrected chi connectivity index (χ0v) is 21.0. The Hall–Kier alpha value is -2.70. The lowest BCUT2D eigenvalue weighted by Gasteiger charge is -2.28. The number of nitrogens with one attached hydrogen (secondary N) is 2. The first-order valence-corrected chi connectivity index (χ1v) is 12.4. The first-order chi connectivity index (χ1) is 16.4. The Morgan fingerprint density at radius 2 is 2.00 bits per heavy atom. The molecule has 0 spiro atoms. The number of amides is 1. The molecule has 1 aromatic heterocycles. The Balaban J connectivity index is 1.41. The van der Waals surface area contributed by atoms with Crippen molar-refractivity contribution in [2.75, 3.05) is 26.3 Å². The van der Waals surface area contributed by atoms with Crippen molar-refractivity contribution in [2.24, 2.45) is 11.8 Å². The molecule has 0 aliphatic carbocycles. The van der Waals surface area contributed by atoms with Crippen molar-refractivity contribution >= 4 is 28.4 Å². The minimum atomic E-state index is -0.155. The van der Waals surface area contributed by atoms with Crippen molar-refractivity contribution in [1.29, 1.82) is 0 Å². The van der Waals surface area contributed by atoms with Crippen molar-refractivity contribution in [3.05, 3.63) is 58.7 Å². The Bertz CT molecular complexity index is 1130. The van der Waals surface area contributed by atoms with Gasteiger partial charge in [-0.2, -0.15) is 0 Å². The number of rotatable bonds is 9. The number of para-hydroxylation sites is 1. The molecular weight excluding hydrogens is 450 g/mol. The summed E-state index contributed by atoms with van der Waals surface area (Å²) in [5.74, 6) is 1.58. The van der Waals surface area contributed by atoms with Crippen LogP contribution in [0.2, 0.25) is 5.02 Å². The van der Waals surface area contributed by atoms with Crippen LogP contribution in [0.3, 0.4) is 0 Å². The lowest BCUT2D eigenvalue weighted by atomic mass is 10.1. The first kappa shape index (κ1) is 24.4. The van der Waals surface area contributed by atoms with Crippen LogP contribution in [0.25, 0.3) is 10.9 Å². The highest BCUT2D eigenvalue weighted by Crippen LogP contribution is 2.38. The Morgan fingerprint density at radius 1 is 1.18 bits per heavy atom. The molecule has 0 bridgehead atoms. The highest BCUT2D eigenvalue weighted by atomic mass is 35.5. The van der Waals surface area contributed by atoms with Gasteiger partial charge in [-0.3, -0.25) is 4.79 Å². The third kappa shape index (κ3) is 5.86. The SMILES string of the molecule is CC(C)CN(Cc1cc(Cl)c2c(c1)OCCCO2)C(=O)[C@@H](C)CNCc1cccc2cc[nH]c12. The molecule has 182 valence electrons. The fraction of sp³-hybridized carbons (Fsp3) is 0.444. The van der Waals surface area contributed by atoms with Crippen molar-refractivity contribution in [1.82, 2.24) is 15.2 Å². The number of H-pyrrole nitrogens is 1. The van der Waals surface area contributed by atoms with E-state index in [9.17, 15) is 4.79 Å². The van der Waals surface area contributed by atoms with Crippen molar-refractivity contribution in [3.8, 4) is 11.5 Å². The van der Waals surface area contributed by atoms with Crippen LogP contribution in [0.15, 0.2) is 42.6 Å². The maximum absolute atomic E-state index is 13.4. The number of halogens is 1. The van der Waals surface area contributed by atoms with Gasteiger partial charge < -0.3 is 24.7 Å². The smallest absolute Gasteiger partial charge is 0.226 e. The average molecular weight is 484 g/mol. The molecule has 1 atom stereocenters. The van der Waals surface area contributed by atoms with Gasteiger partial charge in [0.05, 0.1) is 18.2 Å². The van der Waals surface area contributed by atoms with Crippen LogP contribution in [0, 0.1) is 11.8 Å². The maximum atomic E-state index is 13.4. The molecule has 1 amide bonds. The molecular formula is C27H34ClN3O3. The second-order valence-electron chi connectivity index (χ2n) is 9.46. The Morgan fingerprint density at radius 3 is 2.82 bits per heavy atom. The fourth-order valence-electron chi connectivity index (χ4n) is 4.39. The standard InChI is InChI=1S/C27H34ClN3O3/c1-18(2)16-31(17-20-12-23(28)26-24(13-20)33-10-5-11-34-26)27(32)19(3)14-29-15-22-7-4-6-21-8-9-30-25(21)22/h4,6-9,12-13,18-19,29-30H,5,10-11,14-17H2,1-3H3/t19-/m0/s1. The number of ether oxygens (including phenoxy) is 2. The predicted molar refractivity (Wildman–Crippen MR) is 136 cm³/mol. The first-order valence-electron chi connectivity index (χ1n) is 12.0. The lowest BCUT2D eigenvalue weighted by molar-refractivity contribution is -0.136.